The lowest BCUT2D eigenvalue weighted by Gasteiger charge is -2.04. The predicted octanol–water partition coefficient (Wildman–Crippen LogP) is 0.284. The molecule has 7 heteroatoms. The second-order valence-electron chi connectivity index (χ2n) is 3.45. The van der Waals surface area contributed by atoms with Crippen LogP contribution in [0.2, 0.25) is 0 Å². The number of ether oxygens (including phenoxy) is 1. The van der Waals surface area contributed by atoms with E-state index in [0.717, 1.165) is 18.7 Å². The highest BCUT2D eigenvalue weighted by molar-refractivity contribution is 6.27. The second kappa shape index (κ2) is 9.86. The van der Waals surface area contributed by atoms with Crippen molar-refractivity contribution in [3.8, 4) is 5.75 Å². The molecule has 0 spiro atoms. The average molecular weight is 271 g/mol. The maximum absolute atomic E-state index is 9.16. The van der Waals surface area contributed by atoms with Crippen LogP contribution in [0.1, 0.15) is 5.56 Å². The number of carboxylic acids is 2. The predicted molar refractivity (Wildman–Crippen MR) is 67.0 cm³/mol. The third-order valence-corrected chi connectivity index (χ3v) is 1.91. The Labute approximate surface area is 110 Å². The number of carboxylic acid groups (broad SMARTS) is 2. The van der Waals surface area contributed by atoms with E-state index in [4.69, 9.17) is 29.6 Å². The van der Waals surface area contributed by atoms with E-state index in [2.05, 4.69) is 5.32 Å². The van der Waals surface area contributed by atoms with Gasteiger partial charge in [0.05, 0.1) is 6.61 Å². The molecule has 0 saturated heterocycles. The Morgan fingerprint density at radius 2 is 1.89 bits per heavy atom. The molecule has 0 aromatic heterocycles. The molecule has 0 heterocycles. The van der Waals surface area contributed by atoms with E-state index in [1.54, 1.807) is 19.2 Å². The molecule has 0 aliphatic heterocycles. The number of carbonyl (C=O) groups is 2. The Morgan fingerprint density at radius 3 is 2.37 bits per heavy atom. The van der Waals surface area contributed by atoms with Crippen molar-refractivity contribution in [2.75, 3.05) is 20.3 Å². The van der Waals surface area contributed by atoms with Gasteiger partial charge in [-0.25, -0.2) is 9.59 Å². The molecule has 1 aromatic rings. The highest BCUT2D eigenvalue weighted by atomic mass is 16.5. The summed E-state index contributed by atoms with van der Waals surface area (Å²) in [6.07, 6.45) is 0. The summed E-state index contributed by atoms with van der Waals surface area (Å²) in [6.45, 7) is 2.29. The van der Waals surface area contributed by atoms with Crippen molar-refractivity contribution in [1.82, 2.24) is 5.32 Å². The molecule has 4 N–H and O–H groups in total. The zero-order valence-electron chi connectivity index (χ0n) is 10.5. The Kier molecular flexibility index (Phi) is 8.76. The Hall–Kier alpha value is -2.12. The van der Waals surface area contributed by atoms with Gasteiger partial charge in [0, 0.05) is 20.2 Å². The summed E-state index contributed by atoms with van der Waals surface area (Å²) in [7, 11) is 1.68. The van der Waals surface area contributed by atoms with Gasteiger partial charge < -0.3 is 25.4 Å². The van der Waals surface area contributed by atoms with Gasteiger partial charge in [-0.3, -0.25) is 0 Å². The minimum atomic E-state index is -1.82. The molecule has 0 aliphatic rings. The first-order chi connectivity index (χ1) is 8.97. The summed E-state index contributed by atoms with van der Waals surface area (Å²) in [5, 5.41) is 27.1. The highest BCUT2D eigenvalue weighted by Crippen LogP contribution is 2.09. The monoisotopic (exact) mass is 271 g/mol. The minimum Gasteiger partial charge on any atom is -0.508 e. The Balaban J connectivity index is 0.000000459. The summed E-state index contributed by atoms with van der Waals surface area (Å²) >= 11 is 0. The van der Waals surface area contributed by atoms with Gasteiger partial charge in [0.1, 0.15) is 5.75 Å². The van der Waals surface area contributed by atoms with Crippen LogP contribution >= 0.6 is 0 Å². The zero-order valence-corrected chi connectivity index (χ0v) is 10.5. The molecule has 0 saturated carbocycles. The van der Waals surface area contributed by atoms with Crippen LogP contribution in [0.5, 0.6) is 5.75 Å². The van der Waals surface area contributed by atoms with Crippen LogP contribution < -0.4 is 5.32 Å². The van der Waals surface area contributed by atoms with Crippen molar-refractivity contribution >= 4 is 11.9 Å². The molecule has 19 heavy (non-hydrogen) atoms. The highest BCUT2D eigenvalue weighted by Gasteiger charge is 2.04. The van der Waals surface area contributed by atoms with E-state index < -0.39 is 11.9 Å². The van der Waals surface area contributed by atoms with Gasteiger partial charge in [-0.15, -0.1) is 0 Å². The number of hydrogen-bond donors (Lipinski definition) is 4. The summed E-state index contributed by atoms with van der Waals surface area (Å²) in [5.74, 6) is -3.34. The number of phenols is 1. The van der Waals surface area contributed by atoms with Gasteiger partial charge in [0.25, 0.3) is 0 Å². The van der Waals surface area contributed by atoms with Crippen molar-refractivity contribution in [2.24, 2.45) is 0 Å². The van der Waals surface area contributed by atoms with Crippen molar-refractivity contribution in [2.45, 2.75) is 6.54 Å². The van der Waals surface area contributed by atoms with Gasteiger partial charge in [0.2, 0.25) is 0 Å². The fourth-order valence-corrected chi connectivity index (χ4v) is 1.07. The van der Waals surface area contributed by atoms with Gasteiger partial charge in [-0.1, -0.05) is 12.1 Å². The van der Waals surface area contributed by atoms with E-state index in [9.17, 15) is 0 Å². The molecule has 1 aromatic carbocycles. The molecule has 0 fully saturated rings. The smallest absolute Gasteiger partial charge is 0.414 e. The maximum atomic E-state index is 9.16. The summed E-state index contributed by atoms with van der Waals surface area (Å²) in [6, 6.07) is 7.22. The fraction of sp³-hybridized carbons (Fsp3) is 0.333. The van der Waals surface area contributed by atoms with E-state index >= 15 is 0 Å². The lowest BCUT2D eigenvalue weighted by molar-refractivity contribution is -0.159. The molecule has 0 amide bonds. The number of benzene rings is 1. The number of nitrogens with one attached hydrogen (secondary N) is 1. The van der Waals surface area contributed by atoms with Crippen LogP contribution in [0.15, 0.2) is 24.3 Å². The number of hydrogen-bond acceptors (Lipinski definition) is 5. The van der Waals surface area contributed by atoms with Crippen molar-refractivity contribution < 1.29 is 29.6 Å². The van der Waals surface area contributed by atoms with E-state index in [1.807, 2.05) is 12.1 Å². The lowest BCUT2D eigenvalue weighted by Crippen LogP contribution is -2.18. The molecule has 0 radical (unpaired) electrons. The maximum Gasteiger partial charge on any atom is 0.414 e. The van der Waals surface area contributed by atoms with Crippen LogP contribution in [0.3, 0.4) is 0 Å². The summed E-state index contributed by atoms with van der Waals surface area (Å²) < 4.78 is 4.89. The second-order valence-corrected chi connectivity index (χ2v) is 3.45. The first-order valence-electron chi connectivity index (χ1n) is 5.41. The van der Waals surface area contributed by atoms with Crippen LogP contribution in [-0.4, -0.2) is 47.5 Å². The van der Waals surface area contributed by atoms with Gasteiger partial charge in [-0.2, -0.15) is 0 Å². The molecule has 1 rings (SSSR count). The first-order valence-corrected chi connectivity index (χ1v) is 5.41. The third-order valence-electron chi connectivity index (χ3n) is 1.91. The van der Waals surface area contributed by atoms with Gasteiger partial charge >= 0.3 is 11.9 Å². The lowest BCUT2D eigenvalue weighted by atomic mass is 10.2. The van der Waals surface area contributed by atoms with Crippen molar-refractivity contribution in [1.29, 1.82) is 0 Å². The molecule has 0 atom stereocenters. The molecule has 0 aliphatic carbocycles. The molecular weight excluding hydrogens is 254 g/mol. The molecular formula is C12H17NO6. The van der Waals surface area contributed by atoms with Gasteiger partial charge in [-0.05, 0) is 17.7 Å². The number of rotatable bonds is 5. The van der Waals surface area contributed by atoms with E-state index in [0.29, 0.717) is 12.4 Å². The molecule has 106 valence electrons. The fourth-order valence-electron chi connectivity index (χ4n) is 1.07. The normalized spacial score (nSPS) is 9.32. The minimum absolute atomic E-state index is 0.311. The molecule has 7 nitrogen and oxygen atoms in total. The topological polar surface area (TPSA) is 116 Å². The third kappa shape index (κ3) is 9.57. The summed E-state index contributed by atoms with van der Waals surface area (Å²) in [4.78, 5) is 18.2. The van der Waals surface area contributed by atoms with Gasteiger partial charge in [0.15, 0.2) is 0 Å². The van der Waals surface area contributed by atoms with Crippen LogP contribution in [0.25, 0.3) is 0 Å². The SMILES string of the molecule is COCCNCc1cccc(O)c1.O=C(O)C(=O)O. The zero-order chi connectivity index (χ0) is 14.7. The Morgan fingerprint density at radius 1 is 1.26 bits per heavy atom. The standard InChI is InChI=1S/C10H15NO2.C2H2O4/c1-13-6-5-11-8-9-3-2-4-10(12)7-9;3-1(4)2(5)6/h2-4,7,11-12H,5-6,8H2,1H3;(H,3,4)(H,5,6). The van der Waals surface area contributed by atoms with Crippen molar-refractivity contribution in [3.63, 3.8) is 0 Å². The number of methoxy groups -OCH3 is 1. The van der Waals surface area contributed by atoms with Crippen LogP contribution in [-0.2, 0) is 20.9 Å². The quantitative estimate of drug-likeness (QED) is 0.449. The van der Waals surface area contributed by atoms with Crippen LogP contribution in [0, 0.1) is 0 Å². The molecule has 0 unspecified atom stereocenters. The van der Waals surface area contributed by atoms with Crippen LogP contribution in [0.4, 0.5) is 0 Å². The number of phenolic OH excluding ortho intramolecular Hbond substituents is 1. The summed E-state index contributed by atoms with van der Waals surface area (Å²) in [5.41, 5.74) is 1.08. The first kappa shape index (κ1) is 16.9. The van der Waals surface area contributed by atoms with E-state index in [-0.39, 0.29) is 0 Å². The number of aromatic hydroxyl groups is 1. The Bertz CT molecular complexity index is 395. The van der Waals surface area contributed by atoms with E-state index in [1.165, 1.54) is 0 Å². The number of aliphatic carboxylic acids is 2. The average Bonchev–Trinajstić information content (AvgIpc) is 2.35. The van der Waals surface area contributed by atoms with Crippen molar-refractivity contribution in [3.05, 3.63) is 29.8 Å². The molecule has 0 bridgehead atoms. The largest absolute Gasteiger partial charge is 0.508 e.